The number of fused-ring (bicyclic) bond motifs is 1. The van der Waals surface area contributed by atoms with Crippen LogP contribution in [0.3, 0.4) is 0 Å². The number of para-hydroxylation sites is 1. The number of benzene rings is 4. The van der Waals surface area contributed by atoms with Crippen molar-refractivity contribution in [1.29, 1.82) is 0 Å². The summed E-state index contributed by atoms with van der Waals surface area (Å²) in [6.07, 6.45) is 7.21. The monoisotopic (exact) mass is 947 g/mol. The molecular formula is C47H37N3O17S. The van der Waals surface area contributed by atoms with Crippen LogP contribution < -0.4 is 29.1 Å². The standard InChI is InChI=1S/C47H37N3O17S/c1-5-40(51)61-25-58-36-18-15-31(23-38(36)60-27-63-42(53)7-3)46(57)67-35-19-17-33(21-32(35)24-48-50-47-49-34-11-9-10-12-39(34)68-47)66-45(56)30-14-13-29(37(22-30)59-26-62-41(52)6-2)16-20-44(55)65-28-64-43(54)8-4/h5-24H,1-4,25-28H2,(H,49,50)/b20-16+,48-24+. The molecule has 0 radical (unpaired) electrons. The van der Waals surface area contributed by atoms with Gasteiger partial charge in [0.05, 0.1) is 27.6 Å². The van der Waals surface area contributed by atoms with Gasteiger partial charge in [-0.2, -0.15) is 5.10 Å². The fourth-order valence-corrected chi connectivity index (χ4v) is 5.83. The van der Waals surface area contributed by atoms with Crippen molar-refractivity contribution in [2.75, 3.05) is 32.6 Å². The van der Waals surface area contributed by atoms with Crippen molar-refractivity contribution in [3.05, 3.63) is 158 Å². The highest BCUT2D eigenvalue weighted by atomic mass is 32.1. The summed E-state index contributed by atoms with van der Waals surface area (Å²) < 4.78 is 53.0. The molecule has 0 aliphatic rings. The molecule has 1 N–H and O–H groups in total. The number of hydrogen-bond acceptors (Lipinski definition) is 21. The molecule has 0 saturated heterocycles. The van der Waals surface area contributed by atoms with Crippen LogP contribution in [0.15, 0.2) is 141 Å². The molecule has 1 aromatic heterocycles. The van der Waals surface area contributed by atoms with Crippen LogP contribution in [0.4, 0.5) is 5.13 Å². The number of hydrogen-bond donors (Lipinski definition) is 1. The molecule has 20 nitrogen and oxygen atoms in total. The van der Waals surface area contributed by atoms with E-state index >= 15 is 0 Å². The number of anilines is 1. The van der Waals surface area contributed by atoms with Crippen molar-refractivity contribution in [3.63, 3.8) is 0 Å². The van der Waals surface area contributed by atoms with Gasteiger partial charge in [0, 0.05) is 41.5 Å². The lowest BCUT2D eigenvalue weighted by Crippen LogP contribution is -2.14. The van der Waals surface area contributed by atoms with Gasteiger partial charge in [-0.25, -0.2) is 38.5 Å². The average molecular weight is 948 g/mol. The van der Waals surface area contributed by atoms with Crippen molar-refractivity contribution in [1.82, 2.24) is 4.98 Å². The topological polar surface area (TPSA) is 249 Å². The molecule has 0 aliphatic heterocycles. The van der Waals surface area contributed by atoms with E-state index in [4.69, 9.17) is 42.6 Å². The lowest BCUT2D eigenvalue weighted by atomic mass is 10.1. The van der Waals surface area contributed by atoms with E-state index < -0.39 is 69.0 Å². The van der Waals surface area contributed by atoms with Gasteiger partial charge < -0.3 is 47.4 Å². The van der Waals surface area contributed by atoms with Crippen molar-refractivity contribution in [2.24, 2.45) is 5.10 Å². The number of ether oxygens (including phenoxy) is 10. The van der Waals surface area contributed by atoms with E-state index in [0.29, 0.717) is 5.13 Å². The van der Waals surface area contributed by atoms with Crippen molar-refractivity contribution >= 4 is 80.8 Å². The lowest BCUT2D eigenvalue weighted by molar-refractivity contribution is -0.160. The molecule has 4 aromatic carbocycles. The summed E-state index contributed by atoms with van der Waals surface area (Å²) in [6, 6.07) is 19.3. The molecule has 0 atom stereocenters. The van der Waals surface area contributed by atoms with E-state index in [0.717, 1.165) is 40.6 Å². The first kappa shape index (κ1) is 49.6. The molecule has 5 aromatic rings. The minimum Gasteiger partial charge on any atom is -0.457 e. The summed E-state index contributed by atoms with van der Waals surface area (Å²) >= 11 is 1.33. The van der Waals surface area contributed by atoms with E-state index in [1.165, 1.54) is 78.2 Å². The van der Waals surface area contributed by atoms with E-state index in [1.54, 1.807) is 0 Å². The Kier molecular flexibility index (Phi) is 18.4. The molecular weight excluding hydrogens is 911 g/mol. The van der Waals surface area contributed by atoms with Gasteiger partial charge in [-0.05, 0) is 66.7 Å². The number of nitrogens with one attached hydrogen (secondary N) is 1. The minimum absolute atomic E-state index is 0.000654. The summed E-state index contributed by atoms with van der Waals surface area (Å²) in [6.45, 7) is 10.7. The zero-order chi connectivity index (χ0) is 48.8. The van der Waals surface area contributed by atoms with Crippen LogP contribution >= 0.6 is 11.3 Å². The fourth-order valence-electron chi connectivity index (χ4n) is 5.02. The maximum absolute atomic E-state index is 13.7. The Hall–Kier alpha value is -9.37. The molecule has 0 fully saturated rings. The second kappa shape index (κ2) is 25.2. The Morgan fingerprint density at radius 2 is 1.10 bits per heavy atom. The zero-order valence-corrected chi connectivity index (χ0v) is 36.3. The Bertz CT molecular complexity index is 2780. The van der Waals surface area contributed by atoms with Gasteiger partial charge in [-0.3, -0.25) is 5.43 Å². The van der Waals surface area contributed by atoms with E-state index in [2.05, 4.69) is 46.6 Å². The number of aromatic nitrogens is 1. The summed E-state index contributed by atoms with van der Waals surface area (Å²) in [4.78, 5) is 89.9. The van der Waals surface area contributed by atoms with Gasteiger partial charge in [-0.1, -0.05) is 55.9 Å². The van der Waals surface area contributed by atoms with Crippen LogP contribution in [0, 0.1) is 0 Å². The molecule has 5 rings (SSSR count). The van der Waals surface area contributed by atoms with Gasteiger partial charge in [0.1, 0.15) is 17.2 Å². The molecule has 68 heavy (non-hydrogen) atoms. The third-order valence-electron chi connectivity index (χ3n) is 8.20. The predicted molar refractivity (Wildman–Crippen MR) is 242 cm³/mol. The van der Waals surface area contributed by atoms with Crippen LogP contribution in [0.2, 0.25) is 0 Å². The SMILES string of the molecule is C=CC(=O)OCOC(=O)/C=C/c1ccc(C(=O)Oc2ccc(OC(=O)c3ccc(OCOC(=O)C=C)c(OCOC(=O)C=C)c3)c(/C=N/Nc3nc4ccccc4s3)c2)cc1OCOC(=O)C=C. The largest absolute Gasteiger partial charge is 0.457 e. The average Bonchev–Trinajstić information content (AvgIpc) is 3.77. The van der Waals surface area contributed by atoms with Crippen LogP contribution in [0.5, 0.6) is 28.7 Å². The van der Waals surface area contributed by atoms with Crippen LogP contribution in [0.1, 0.15) is 31.8 Å². The van der Waals surface area contributed by atoms with E-state index in [-0.39, 0.29) is 51.0 Å². The smallest absolute Gasteiger partial charge is 0.343 e. The first-order valence-corrected chi connectivity index (χ1v) is 20.1. The Morgan fingerprint density at radius 3 is 1.75 bits per heavy atom. The normalized spacial score (nSPS) is 10.5. The van der Waals surface area contributed by atoms with Crippen LogP contribution in [-0.4, -0.2) is 80.2 Å². The highest BCUT2D eigenvalue weighted by Crippen LogP contribution is 2.31. The summed E-state index contributed by atoms with van der Waals surface area (Å²) in [5, 5.41) is 4.71. The van der Waals surface area contributed by atoms with Gasteiger partial charge in [0.25, 0.3) is 0 Å². The molecule has 348 valence electrons. The molecule has 0 spiro atoms. The molecule has 0 aliphatic carbocycles. The van der Waals surface area contributed by atoms with Crippen molar-refractivity contribution < 1.29 is 80.9 Å². The van der Waals surface area contributed by atoms with Crippen molar-refractivity contribution in [3.8, 4) is 28.7 Å². The number of hydrazone groups is 1. The van der Waals surface area contributed by atoms with Gasteiger partial charge in [0.2, 0.25) is 32.3 Å². The third-order valence-corrected chi connectivity index (χ3v) is 9.14. The summed E-state index contributed by atoms with van der Waals surface area (Å²) in [5.41, 5.74) is 3.80. The van der Waals surface area contributed by atoms with Crippen molar-refractivity contribution in [2.45, 2.75) is 0 Å². The molecule has 1 heterocycles. The summed E-state index contributed by atoms with van der Waals surface area (Å²) in [5.74, 6) is -6.08. The highest BCUT2D eigenvalue weighted by molar-refractivity contribution is 7.22. The number of carbonyl (C=O) groups excluding carboxylic acids is 7. The van der Waals surface area contributed by atoms with E-state index in [1.807, 2.05) is 24.3 Å². The Morgan fingerprint density at radius 1 is 0.559 bits per heavy atom. The molecule has 0 bridgehead atoms. The molecule has 21 heteroatoms. The maximum Gasteiger partial charge on any atom is 0.343 e. The van der Waals surface area contributed by atoms with Gasteiger partial charge in [0.15, 0.2) is 11.5 Å². The Labute approximate surface area is 389 Å². The summed E-state index contributed by atoms with van der Waals surface area (Å²) in [7, 11) is 0. The second-order valence-electron chi connectivity index (χ2n) is 12.6. The highest BCUT2D eigenvalue weighted by Gasteiger charge is 2.19. The molecule has 0 amide bonds. The van der Waals surface area contributed by atoms with Gasteiger partial charge in [-0.15, -0.1) is 0 Å². The lowest BCUT2D eigenvalue weighted by Gasteiger charge is -2.14. The van der Waals surface area contributed by atoms with Crippen LogP contribution in [-0.2, 0) is 47.7 Å². The zero-order valence-electron chi connectivity index (χ0n) is 35.4. The van der Waals surface area contributed by atoms with Crippen LogP contribution in [0.25, 0.3) is 16.3 Å². The van der Waals surface area contributed by atoms with E-state index in [9.17, 15) is 33.6 Å². The quantitative estimate of drug-likeness (QED) is 0.0130. The second-order valence-corrected chi connectivity index (χ2v) is 13.7. The minimum atomic E-state index is -0.911. The molecule has 0 unspecified atom stereocenters. The number of carbonyl (C=O) groups is 7. The number of esters is 7. The molecule has 0 saturated carbocycles. The fraction of sp³-hybridized carbons (Fsp3) is 0.0851. The maximum atomic E-state index is 13.7. The first-order chi connectivity index (χ1) is 32.9. The number of thiazole rings is 1. The van der Waals surface area contributed by atoms with Gasteiger partial charge >= 0.3 is 41.8 Å². The Balaban J connectivity index is 1.40. The first-order valence-electron chi connectivity index (χ1n) is 19.3. The third kappa shape index (κ3) is 15.1. The number of rotatable bonds is 24. The predicted octanol–water partition coefficient (Wildman–Crippen LogP) is 6.62. The number of nitrogens with zero attached hydrogens (tertiary/aromatic N) is 2.